The van der Waals surface area contributed by atoms with Gasteiger partial charge in [0.15, 0.2) is 0 Å². The topological polar surface area (TPSA) is 48.4 Å². The molecule has 0 aliphatic carbocycles. The van der Waals surface area contributed by atoms with Crippen molar-refractivity contribution in [1.29, 1.82) is 0 Å². The summed E-state index contributed by atoms with van der Waals surface area (Å²) < 4.78 is 0. The van der Waals surface area contributed by atoms with Gasteiger partial charge < -0.3 is 15.3 Å². The van der Waals surface area contributed by atoms with Gasteiger partial charge in [0.25, 0.3) is 0 Å². The maximum Gasteiger partial charge on any atom is 0.120 e. The molecule has 0 atom stereocenters. The van der Waals surface area contributed by atoms with E-state index in [0.29, 0.717) is 12.3 Å². The zero-order valence-electron chi connectivity index (χ0n) is 13.0. The van der Waals surface area contributed by atoms with E-state index in [1.165, 1.54) is 5.69 Å². The fourth-order valence-corrected chi connectivity index (χ4v) is 3.10. The first kappa shape index (κ1) is 15.0. The molecule has 22 heavy (non-hydrogen) atoms. The molecular formula is C18H23N3O. The Kier molecular flexibility index (Phi) is 4.41. The zero-order chi connectivity index (χ0) is 15.4. The van der Waals surface area contributed by atoms with Crippen molar-refractivity contribution in [3.63, 3.8) is 0 Å². The number of pyridine rings is 1. The van der Waals surface area contributed by atoms with Gasteiger partial charge in [-0.3, -0.25) is 4.98 Å². The van der Waals surface area contributed by atoms with Crippen LogP contribution in [0.4, 0.5) is 0 Å². The predicted molar refractivity (Wildman–Crippen MR) is 87.8 cm³/mol. The Bertz CT molecular complexity index is 609. The standard InChI is InChI=1S/C18H23N3O/c1-18(17-8-4-5-9-20-17)13-21(14-18)11-10-19-12-15-6-2-3-7-16(15)22/h2-9,19,22H,10-14H2,1H3. The molecule has 0 spiro atoms. The number of rotatable bonds is 6. The third kappa shape index (κ3) is 3.29. The van der Waals surface area contributed by atoms with E-state index in [2.05, 4.69) is 34.3 Å². The van der Waals surface area contributed by atoms with E-state index in [9.17, 15) is 5.11 Å². The lowest BCUT2D eigenvalue weighted by Crippen LogP contribution is -2.59. The molecule has 0 saturated carbocycles. The third-order valence-corrected chi connectivity index (χ3v) is 4.34. The van der Waals surface area contributed by atoms with E-state index in [1.807, 2.05) is 30.5 Å². The van der Waals surface area contributed by atoms with Crippen molar-refractivity contribution in [2.24, 2.45) is 0 Å². The van der Waals surface area contributed by atoms with Gasteiger partial charge in [0, 0.05) is 55.6 Å². The average Bonchev–Trinajstić information content (AvgIpc) is 2.52. The van der Waals surface area contributed by atoms with E-state index in [0.717, 1.165) is 31.7 Å². The number of benzene rings is 1. The summed E-state index contributed by atoms with van der Waals surface area (Å²) in [6.07, 6.45) is 1.87. The highest BCUT2D eigenvalue weighted by molar-refractivity contribution is 5.31. The number of hydrogen-bond acceptors (Lipinski definition) is 4. The van der Waals surface area contributed by atoms with Gasteiger partial charge in [0.05, 0.1) is 0 Å². The van der Waals surface area contributed by atoms with Crippen LogP contribution in [0.3, 0.4) is 0 Å². The Morgan fingerprint density at radius 1 is 1.18 bits per heavy atom. The molecule has 1 aromatic heterocycles. The molecular weight excluding hydrogens is 274 g/mol. The van der Waals surface area contributed by atoms with Gasteiger partial charge in [-0.05, 0) is 18.2 Å². The number of para-hydroxylation sites is 1. The summed E-state index contributed by atoms with van der Waals surface area (Å²) in [5.74, 6) is 0.363. The molecule has 1 aromatic carbocycles. The molecule has 4 heteroatoms. The Morgan fingerprint density at radius 3 is 2.68 bits per heavy atom. The Labute approximate surface area is 131 Å². The fraction of sp³-hybridized carbons (Fsp3) is 0.389. The van der Waals surface area contributed by atoms with Gasteiger partial charge in [0.1, 0.15) is 5.75 Å². The monoisotopic (exact) mass is 297 g/mol. The van der Waals surface area contributed by atoms with Gasteiger partial charge in [-0.2, -0.15) is 0 Å². The molecule has 1 aliphatic heterocycles. The summed E-state index contributed by atoms with van der Waals surface area (Å²) in [5, 5.41) is 13.1. The molecule has 2 N–H and O–H groups in total. The van der Waals surface area contributed by atoms with Crippen LogP contribution in [0, 0.1) is 0 Å². The summed E-state index contributed by atoms with van der Waals surface area (Å²) >= 11 is 0. The van der Waals surface area contributed by atoms with Crippen LogP contribution in [0.2, 0.25) is 0 Å². The fourth-order valence-electron chi connectivity index (χ4n) is 3.10. The van der Waals surface area contributed by atoms with Crippen LogP contribution in [-0.4, -0.2) is 41.2 Å². The number of phenolic OH excluding ortho intramolecular Hbond substituents is 1. The van der Waals surface area contributed by atoms with Crippen LogP contribution >= 0.6 is 0 Å². The highest BCUT2D eigenvalue weighted by atomic mass is 16.3. The number of nitrogens with one attached hydrogen (secondary N) is 1. The second-order valence-electron chi connectivity index (χ2n) is 6.29. The maximum absolute atomic E-state index is 9.71. The van der Waals surface area contributed by atoms with Crippen LogP contribution in [0.5, 0.6) is 5.75 Å². The Balaban J connectivity index is 1.39. The second kappa shape index (κ2) is 6.46. The van der Waals surface area contributed by atoms with E-state index in [1.54, 1.807) is 6.07 Å². The van der Waals surface area contributed by atoms with E-state index in [4.69, 9.17) is 0 Å². The lowest BCUT2D eigenvalue weighted by Gasteiger charge is -2.47. The summed E-state index contributed by atoms with van der Waals surface area (Å²) in [5.41, 5.74) is 2.33. The first-order valence-electron chi connectivity index (χ1n) is 7.79. The highest BCUT2D eigenvalue weighted by Gasteiger charge is 2.40. The number of likely N-dealkylation sites (tertiary alicyclic amines) is 1. The molecule has 1 aliphatic rings. The number of aromatic nitrogens is 1. The summed E-state index contributed by atoms with van der Waals surface area (Å²) in [4.78, 5) is 6.92. The van der Waals surface area contributed by atoms with Gasteiger partial charge in [-0.15, -0.1) is 0 Å². The quantitative estimate of drug-likeness (QED) is 0.802. The van der Waals surface area contributed by atoms with Crippen LogP contribution in [0.15, 0.2) is 48.7 Å². The molecule has 1 saturated heterocycles. The first-order valence-corrected chi connectivity index (χ1v) is 7.79. The Hall–Kier alpha value is -1.91. The van der Waals surface area contributed by atoms with Crippen molar-refractivity contribution >= 4 is 0 Å². The highest BCUT2D eigenvalue weighted by Crippen LogP contribution is 2.32. The summed E-state index contributed by atoms with van der Waals surface area (Å²) in [6, 6.07) is 13.6. The van der Waals surface area contributed by atoms with Crippen LogP contribution in [0.1, 0.15) is 18.2 Å². The zero-order valence-corrected chi connectivity index (χ0v) is 13.0. The molecule has 0 bridgehead atoms. The third-order valence-electron chi connectivity index (χ3n) is 4.34. The van der Waals surface area contributed by atoms with Crippen molar-refractivity contribution in [3.8, 4) is 5.75 Å². The molecule has 2 heterocycles. The number of aromatic hydroxyl groups is 1. The van der Waals surface area contributed by atoms with Crippen molar-refractivity contribution < 1.29 is 5.11 Å². The first-order chi connectivity index (χ1) is 10.7. The van der Waals surface area contributed by atoms with Crippen molar-refractivity contribution in [2.75, 3.05) is 26.2 Å². The van der Waals surface area contributed by atoms with Crippen molar-refractivity contribution in [1.82, 2.24) is 15.2 Å². The molecule has 116 valence electrons. The number of hydrogen-bond donors (Lipinski definition) is 2. The largest absolute Gasteiger partial charge is 0.508 e. The van der Waals surface area contributed by atoms with Gasteiger partial charge in [-0.25, -0.2) is 0 Å². The maximum atomic E-state index is 9.71. The van der Waals surface area contributed by atoms with Crippen LogP contribution in [0.25, 0.3) is 0 Å². The minimum Gasteiger partial charge on any atom is -0.508 e. The van der Waals surface area contributed by atoms with Crippen LogP contribution in [-0.2, 0) is 12.0 Å². The van der Waals surface area contributed by atoms with Gasteiger partial charge >= 0.3 is 0 Å². The van der Waals surface area contributed by atoms with E-state index in [-0.39, 0.29) is 5.41 Å². The second-order valence-corrected chi connectivity index (χ2v) is 6.29. The lowest BCUT2D eigenvalue weighted by atomic mass is 9.78. The van der Waals surface area contributed by atoms with E-state index >= 15 is 0 Å². The molecule has 0 unspecified atom stereocenters. The molecule has 2 aromatic rings. The molecule has 0 radical (unpaired) electrons. The molecule has 4 nitrogen and oxygen atoms in total. The summed E-state index contributed by atoms with van der Waals surface area (Å²) in [7, 11) is 0. The Morgan fingerprint density at radius 2 is 1.95 bits per heavy atom. The van der Waals surface area contributed by atoms with Crippen LogP contribution < -0.4 is 5.32 Å². The van der Waals surface area contributed by atoms with Crippen molar-refractivity contribution in [3.05, 3.63) is 59.9 Å². The molecule has 1 fully saturated rings. The smallest absolute Gasteiger partial charge is 0.120 e. The van der Waals surface area contributed by atoms with Gasteiger partial charge in [0.2, 0.25) is 0 Å². The normalized spacial score (nSPS) is 17.1. The minimum absolute atomic E-state index is 0.193. The number of phenols is 1. The minimum atomic E-state index is 0.193. The SMILES string of the molecule is CC1(c2ccccn2)CN(CCNCc2ccccc2O)C1. The van der Waals surface area contributed by atoms with Crippen molar-refractivity contribution in [2.45, 2.75) is 18.9 Å². The summed E-state index contributed by atoms with van der Waals surface area (Å²) in [6.45, 7) is 7.05. The van der Waals surface area contributed by atoms with E-state index < -0.39 is 0 Å². The lowest BCUT2D eigenvalue weighted by molar-refractivity contribution is 0.0762. The number of nitrogens with zero attached hydrogens (tertiary/aromatic N) is 2. The average molecular weight is 297 g/mol. The predicted octanol–water partition coefficient (Wildman–Crippen LogP) is 2.15. The van der Waals surface area contributed by atoms with Gasteiger partial charge in [-0.1, -0.05) is 31.2 Å². The molecule has 0 amide bonds. The molecule has 3 rings (SSSR count).